The molecule has 0 aromatic carbocycles. The second-order valence-electron chi connectivity index (χ2n) is 3.44. The standard InChI is InChI=1S/C8H13NO2/c1-2-11-7(10)8(9)5-3-4-6(5)8/h5-6H,2-4,9H2,1H3/t5-,6+,8?. The van der Waals surface area contributed by atoms with Crippen LogP contribution in [0.25, 0.3) is 0 Å². The van der Waals surface area contributed by atoms with Gasteiger partial charge in [0.1, 0.15) is 5.54 Å². The monoisotopic (exact) mass is 155 g/mol. The van der Waals surface area contributed by atoms with Crippen LogP contribution >= 0.6 is 0 Å². The van der Waals surface area contributed by atoms with Crippen molar-refractivity contribution in [2.45, 2.75) is 25.3 Å². The van der Waals surface area contributed by atoms with Crippen molar-refractivity contribution in [2.24, 2.45) is 17.6 Å². The smallest absolute Gasteiger partial charge is 0.326 e. The third kappa shape index (κ3) is 0.692. The SMILES string of the molecule is CCOC(=O)C1(N)[C@@H]2CC[C@@H]21. The molecule has 2 saturated carbocycles. The van der Waals surface area contributed by atoms with Crippen LogP contribution in [0.4, 0.5) is 0 Å². The Kier molecular flexibility index (Phi) is 1.27. The van der Waals surface area contributed by atoms with E-state index >= 15 is 0 Å². The Balaban J connectivity index is 2.00. The average Bonchev–Trinajstić information content (AvgIpc) is 2.26. The lowest BCUT2D eigenvalue weighted by Crippen LogP contribution is -2.37. The molecule has 0 amide bonds. The van der Waals surface area contributed by atoms with Crippen LogP contribution in [0.5, 0.6) is 0 Å². The minimum absolute atomic E-state index is 0.187. The highest BCUT2D eigenvalue weighted by molar-refractivity contribution is 5.86. The second kappa shape index (κ2) is 1.97. The van der Waals surface area contributed by atoms with Gasteiger partial charge in [0.05, 0.1) is 6.61 Å². The van der Waals surface area contributed by atoms with E-state index in [0.717, 1.165) is 12.8 Å². The van der Waals surface area contributed by atoms with Gasteiger partial charge in [-0.25, -0.2) is 0 Å². The van der Waals surface area contributed by atoms with Gasteiger partial charge in [0.15, 0.2) is 0 Å². The van der Waals surface area contributed by atoms with E-state index in [1.54, 1.807) is 0 Å². The molecular formula is C8H13NO2. The van der Waals surface area contributed by atoms with Crippen LogP contribution < -0.4 is 5.73 Å². The van der Waals surface area contributed by atoms with Crippen LogP contribution in [-0.2, 0) is 9.53 Å². The van der Waals surface area contributed by atoms with Crippen molar-refractivity contribution in [3.63, 3.8) is 0 Å². The summed E-state index contributed by atoms with van der Waals surface area (Å²) in [6.07, 6.45) is 2.22. The summed E-state index contributed by atoms with van der Waals surface area (Å²) in [6.45, 7) is 2.25. The normalized spacial score (nSPS) is 45.6. The van der Waals surface area contributed by atoms with Crippen LogP contribution in [0.15, 0.2) is 0 Å². The van der Waals surface area contributed by atoms with E-state index in [2.05, 4.69) is 0 Å². The molecule has 2 N–H and O–H groups in total. The van der Waals surface area contributed by atoms with Crippen LogP contribution in [0.2, 0.25) is 0 Å². The summed E-state index contributed by atoms with van der Waals surface area (Å²) in [4.78, 5) is 11.2. The van der Waals surface area contributed by atoms with Gasteiger partial charge in [-0.3, -0.25) is 4.79 Å². The van der Waals surface area contributed by atoms with Gasteiger partial charge < -0.3 is 10.5 Å². The maximum Gasteiger partial charge on any atom is 0.326 e. The Morgan fingerprint density at radius 3 is 2.55 bits per heavy atom. The quantitative estimate of drug-likeness (QED) is 0.583. The topological polar surface area (TPSA) is 52.3 Å². The summed E-state index contributed by atoms with van der Waals surface area (Å²) in [5, 5.41) is 0. The van der Waals surface area contributed by atoms with E-state index < -0.39 is 5.54 Å². The lowest BCUT2D eigenvalue weighted by molar-refractivity contribution is -0.146. The van der Waals surface area contributed by atoms with Gasteiger partial charge in [-0.15, -0.1) is 0 Å². The number of rotatable bonds is 2. The zero-order valence-corrected chi connectivity index (χ0v) is 6.67. The predicted molar refractivity (Wildman–Crippen MR) is 39.8 cm³/mol. The average molecular weight is 155 g/mol. The van der Waals surface area contributed by atoms with Crippen LogP contribution in [0.1, 0.15) is 19.8 Å². The molecule has 2 fully saturated rings. The zero-order valence-electron chi connectivity index (χ0n) is 6.67. The first kappa shape index (κ1) is 7.10. The van der Waals surface area contributed by atoms with Crippen LogP contribution in [-0.4, -0.2) is 18.1 Å². The highest BCUT2D eigenvalue weighted by Gasteiger charge is 2.72. The Morgan fingerprint density at radius 2 is 2.18 bits per heavy atom. The van der Waals surface area contributed by atoms with Crippen LogP contribution in [0, 0.1) is 11.8 Å². The second-order valence-corrected chi connectivity index (χ2v) is 3.44. The molecule has 2 aliphatic carbocycles. The molecule has 2 aliphatic rings. The molecule has 0 bridgehead atoms. The molecule has 0 aromatic rings. The molecule has 0 aliphatic heterocycles. The zero-order chi connectivity index (χ0) is 8.06. The van der Waals surface area contributed by atoms with E-state index in [9.17, 15) is 4.79 Å². The number of carbonyl (C=O) groups excluding carboxylic acids is 1. The third-order valence-corrected chi connectivity index (χ3v) is 3.02. The summed E-state index contributed by atoms with van der Waals surface area (Å²) in [7, 11) is 0. The molecule has 0 radical (unpaired) electrons. The molecule has 0 spiro atoms. The first-order valence-electron chi connectivity index (χ1n) is 4.17. The summed E-state index contributed by atoms with van der Waals surface area (Å²) in [6, 6.07) is 0. The Morgan fingerprint density at radius 1 is 1.64 bits per heavy atom. The van der Waals surface area contributed by atoms with E-state index in [0.29, 0.717) is 18.4 Å². The van der Waals surface area contributed by atoms with Crippen molar-refractivity contribution in [3.05, 3.63) is 0 Å². The lowest BCUT2D eigenvalue weighted by atomic mass is 10.0. The summed E-state index contributed by atoms with van der Waals surface area (Å²) in [5.41, 5.74) is 5.28. The van der Waals surface area contributed by atoms with E-state index in [1.807, 2.05) is 6.92 Å². The number of hydrogen-bond acceptors (Lipinski definition) is 3. The van der Waals surface area contributed by atoms with Crippen LogP contribution in [0.3, 0.4) is 0 Å². The molecule has 2 rings (SSSR count). The van der Waals surface area contributed by atoms with Gasteiger partial charge in [0.25, 0.3) is 0 Å². The Bertz CT molecular complexity index is 192. The molecule has 0 saturated heterocycles. The number of ether oxygens (including phenoxy) is 1. The third-order valence-electron chi connectivity index (χ3n) is 3.02. The first-order valence-corrected chi connectivity index (χ1v) is 4.17. The van der Waals surface area contributed by atoms with E-state index in [4.69, 9.17) is 10.5 Å². The van der Waals surface area contributed by atoms with E-state index in [-0.39, 0.29) is 5.97 Å². The maximum atomic E-state index is 11.2. The van der Waals surface area contributed by atoms with Gasteiger partial charge >= 0.3 is 5.97 Å². The summed E-state index contributed by atoms with van der Waals surface area (Å²) < 4.78 is 4.89. The molecule has 11 heavy (non-hydrogen) atoms. The molecule has 0 heterocycles. The van der Waals surface area contributed by atoms with Gasteiger partial charge in [0, 0.05) is 0 Å². The molecule has 3 atom stereocenters. The van der Waals surface area contributed by atoms with Crippen molar-refractivity contribution in [1.82, 2.24) is 0 Å². The number of hydrogen-bond donors (Lipinski definition) is 1. The van der Waals surface area contributed by atoms with Crippen molar-refractivity contribution < 1.29 is 9.53 Å². The molecule has 62 valence electrons. The highest BCUT2D eigenvalue weighted by atomic mass is 16.5. The fourth-order valence-electron chi connectivity index (χ4n) is 2.10. The summed E-state index contributed by atoms with van der Waals surface area (Å²) in [5.74, 6) is 0.704. The van der Waals surface area contributed by atoms with Gasteiger partial charge in [-0.1, -0.05) is 0 Å². The molecule has 1 unspecified atom stereocenters. The fraction of sp³-hybridized carbons (Fsp3) is 0.875. The van der Waals surface area contributed by atoms with Gasteiger partial charge in [-0.2, -0.15) is 0 Å². The lowest BCUT2D eigenvalue weighted by Gasteiger charge is -2.07. The van der Waals surface area contributed by atoms with Crippen molar-refractivity contribution in [1.29, 1.82) is 0 Å². The predicted octanol–water partition coefficient (Wildman–Crippen LogP) is 0.287. The van der Waals surface area contributed by atoms with Crippen molar-refractivity contribution >= 4 is 5.97 Å². The maximum absolute atomic E-state index is 11.2. The summed E-state index contributed by atoms with van der Waals surface area (Å²) >= 11 is 0. The number of carbonyl (C=O) groups is 1. The first-order chi connectivity index (χ1) is 5.21. The van der Waals surface area contributed by atoms with Crippen molar-refractivity contribution in [3.8, 4) is 0 Å². The van der Waals surface area contributed by atoms with Gasteiger partial charge in [-0.05, 0) is 31.6 Å². The molecule has 3 heteroatoms. The fourth-order valence-corrected chi connectivity index (χ4v) is 2.10. The van der Waals surface area contributed by atoms with E-state index in [1.165, 1.54) is 0 Å². The number of fused-ring (bicyclic) bond motifs is 1. The highest BCUT2D eigenvalue weighted by Crippen LogP contribution is 2.63. The Hall–Kier alpha value is -0.570. The molecule has 0 aromatic heterocycles. The molecule has 3 nitrogen and oxygen atoms in total. The number of nitrogens with two attached hydrogens (primary N) is 1. The van der Waals surface area contributed by atoms with Gasteiger partial charge in [0.2, 0.25) is 0 Å². The Labute approximate surface area is 65.9 Å². The molecular weight excluding hydrogens is 142 g/mol. The van der Waals surface area contributed by atoms with Crippen molar-refractivity contribution in [2.75, 3.05) is 6.61 Å². The largest absolute Gasteiger partial charge is 0.465 e. The minimum atomic E-state index is -0.573. The minimum Gasteiger partial charge on any atom is -0.465 e. The number of esters is 1.